The van der Waals surface area contributed by atoms with Crippen LogP contribution >= 0.6 is 0 Å². The molecular weight excluding hydrogens is 358 g/mol. The van der Waals surface area contributed by atoms with Gasteiger partial charge in [-0.15, -0.1) is 0 Å². The van der Waals surface area contributed by atoms with Crippen LogP contribution in [-0.4, -0.2) is 42.2 Å². The summed E-state index contributed by atoms with van der Waals surface area (Å²) >= 11 is 0. The molecule has 1 amide bonds. The lowest BCUT2D eigenvalue weighted by Gasteiger charge is -2.17. The average Bonchev–Trinajstić information content (AvgIpc) is 2.62. The third-order valence-corrected chi connectivity index (χ3v) is 3.75. The number of aliphatic carboxylic acids is 1. The summed E-state index contributed by atoms with van der Waals surface area (Å²) in [5, 5.41) is 22.8. The highest BCUT2D eigenvalue weighted by atomic mass is 16.6. The summed E-state index contributed by atoms with van der Waals surface area (Å²) in [4.78, 5) is 33.3. The molecule has 0 bridgehead atoms. The molecule has 4 N–H and O–H groups in total. The van der Waals surface area contributed by atoms with Crippen molar-refractivity contribution in [3.05, 3.63) is 27.8 Å². The molecule has 0 radical (unpaired) electrons. The largest absolute Gasteiger partial charge is 0.493 e. The maximum absolute atomic E-state index is 11.9. The standard InChI is InChI=1S/C17H25N3O7/c1-11(19-16(21)5-3-7-18)12-9-14(26-2)15(10-13(12)20(24)25)27-8-4-6-17(22)23/h9-11H,3-8,18H2,1-2H3,(H,19,21)(H,22,23). The molecule has 1 rings (SSSR count). The Morgan fingerprint density at radius 2 is 2.00 bits per heavy atom. The number of ether oxygens (including phenoxy) is 2. The van der Waals surface area contributed by atoms with Crippen molar-refractivity contribution >= 4 is 17.6 Å². The second-order valence-corrected chi connectivity index (χ2v) is 5.85. The second-order valence-electron chi connectivity index (χ2n) is 5.85. The number of carbonyl (C=O) groups excluding carboxylic acids is 1. The number of benzene rings is 1. The minimum absolute atomic E-state index is 0.0739. The zero-order chi connectivity index (χ0) is 20.4. The quantitative estimate of drug-likeness (QED) is 0.280. The lowest BCUT2D eigenvalue weighted by Crippen LogP contribution is -2.27. The van der Waals surface area contributed by atoms with Crippen molar-refractivity contribution in [1.82, 2.24) is 5.32 Å². The van der Waals surface area contributed by atoms with Crippen molar-refractivity contribution in [2.24, 2.45) is 5.73 Å². The van der Waals surface area contributed by atoms with Gasteiger partial charge in [0.2, 0.25) is 5.91 Å². The minimum atomic E-state index is -0.953. The van der Waals surface area contributed by atoms with Gasteiger partial charge in [-0.25, -0.2) is 0 Å². The molecule has 0 fully saturated rings. The van der Waals surface area contributed by atoms with Gasteiger partial charge in [-0.2, -0.15) is 0 Å². The summed E-state index contributed by atoms with van der Waals surface area (Å²) in [6.07, 6.45) is 0.930. The van der Waals surface area contributed by atoms with E-state index in [9.17, 15) is 19.7 Å². The summed E-state index contributed by atoms with van der Waals surface area (Å²) < 4.78 is 10.7. The average molecular weight is 383 g/mol. The van der Waals surface area contributed by atoms with Crippen molar-refractivity contribution in [3.8, 4) is 11.5 Å². The van der Waals surface area contributed by atoms with Crippen LogP contribution in [-0.2, 0) is 9.59 Å². The molecule has 0 spiro atoms. The van der Waals surface area contributed by atoms with Gasteiger partial charge in [0, 0.05) is 12.8 Å². The fourth-order valence-electron chi connectivity index (χ4n) is 2.40. The molecule has 10 nitrogen and oxygen atoms in total. The fourth-order valence-corrected chi connectivity index (χ4v) is 2.40. The normalized spacial score (nSPS) is 11.5. The van der Waals surface area contributed by atoms with Crippen molar-refractivity contribution < 1.29 is 29.1 Å². The van der Waals surface area contributed by atoms with Crippen LogP contribution in [0.25, 0.3) is 0 Å². The zero-order valence-corrected chi connectivity index (χ0v) is 15.4. The van der Waals surface area contributed by atoms with Gasteiger partial charge in [-0.1, -0.05) is 0 Å². The van der Waals surface area contributed by atoms with Gasteiger partial charge in [0.25, 0.3) is 5.69 Å². The molecule has 10 heteroatoms. The number of methoxy groups -OCH3 is 1. The minimum Gasteiger partial charge on any atom is -0.493 e. The van der Waals surface area contributed by atoms with E-state index >= 15 is 0 Å². The van der Waals surface area contributed by atoms with E-state index in [0.29, 0.717) is 13.0 Å². The number of amides is 1. The van der Waals surface area contributed by atoms with Crippen LogP contribution in [0.3, 0.4) is 0 Å². The Kier molecular flexibility index (Phi) is 9.00. The van der Waals surface area contributed by atoms with E-state index in [-0.39, 0.29) is 54.5 Å². The molecule has 0 saturated carbocycles. The predicted octanol–water partition coefficient (Wildman–Crippen LogP) is 1.76. The van der Waals surface area contributed by atoms with Gasteiger partial charge < -0.3 is 25.6 Å². The molecule has 0 aliphatic carbocycles. The molecule has 150 valence electrons. The topological polar surface area (TPSA) is 154 Å². The van der Waals surface area contributed by atoms with Crippen LogP contribution in [0.5, 0.6) is 11.5 Å². The Balaban J connectivity index is 3.01. The lowest BCUT2D eigenvalue weighted by atomic mass is 10.0. The summed E-state index contributed by atoms with van der Waals surface area (Å²) in [5.41, 5.74) is 5.42. The van der Waals surface area contributed by atoms with Crippen LogP contribution in [0.2, 0.25) is 0 Å². The van der Waals surface area contributed by atoms with E-state index in [1.54, 1.807) is 6.92 Å². The van der Waals surface area contributed by atoms with Gasteiger partial charge in [-0.3, -0.25) is 19.7 Å². The lowest BCUT2D eigenvalue weighted by molar-refractivity contribution is -0.385. The van der Waals surface area contributed by atoms with Crippen LogP contribution in [0.4, 0.5) is 5.69 Å². The van der Waals surface area contributed by atoms with Crippen LogP contribution in [0.1, 0.15) is 44.2 Å². The fraction of sp³-hybridized carbons (Fsp3) is 0.529. The Morgan fingerprint density at radius 3 is 2.56 bits per heavy atom. The summed E-state index contributed by atoms with van der Waals surface area (Å²) in [6.45, 7) is 2.09. The molecule has 0 aromatic heterocycles. The number of nitrogens with one attached hydrogen (secondary N) is 1. The maximum Gasteiger partial charge on any atom is 0.303 e. The summed E-state index contributed by atoms with van der Waals surface area (Å²) in [6, 6.07) is 2.04. The van der Waals surface area contributed by atoms with Crippen LogP contribution in [0, 0.1) is 10.1 Å². The molecular formula is C17H25N3O7. The van der Waals surface area contributed by atoms with Gasteiger partial charge in [0.15, 0.2) is 11.5 Å². The van der Waals surface area contributed by atoms with Crippen molar-refractivity contribution in [2.75, 3.05) is 20.3 Å². The van der Waals surface area contributed by atoms with Crippen molar-refractivity contribution in [2.45, 2.75) is 38.6 Å². The number of nitro groups is 1. The van der Waals surface area contributed by atoms with Crippen LogP contribution in [0.15, 0.2) is 12.1 Å². The second kappa shape index (κ2) is 11.0. The van der Waals surface area contributed by atoms with Gasteiger partial charge in [-0.05, 0) is 32.4 Å². The molecule has 1 aromatic carbocycles. The number of nitrogens with two attached hydrogens (primary N) is 1. The molecule has 1 atom stereocenters. The van der Waals surface area contributed by atoms with Gasteiger partial charge in [0.05, 0.1) is 36.3 Å². The highest BCUT2D eigenvalue weighted by Gasteiger charge is 2.24. The van der Waals surface area contributed by atoms with Gasteiger partial charge >= 0.3 is 5.97 Å². The number of hydrogen-bond acceptors (Lipinski definition) is 7. The first kappa shape index (κ1) is 22.2. The molecule has 0 aliphatic heterocycles. The van der Waals surface area contributed by atoms with E-state index in [0.717, 1.165) is 0 Å². The molecule has 0 saturated heterocycles. The molecule has 1 aromatic rings. The predicted molar refractivity (Wildman–Crippen MR) is 96.9 cm³/mol. The van der Waals surface area contributed by atoms with E-state index in [1.165, 1.54) is 19.2 Å². The zero-order valence-electron chi connectivity index (χ0n) is 15.4. The highest BCUT2D eigenvalue weighted by Crippen LogP contribution is 2.37. The summed E-state index contributed by atoms with van der Waals surface area (Å²) in [7, 11) is 1.39. The first-order valence-electron chi connectivity index (χ1n) is 8.50. The Hall–Kier alpha value is -2.88. The number of carboxylic acid groups (broad SMARTS) is 1. The van der Waals surface area contributed by atoms with Crippen molar-refractivity contribution in [3.63, 3.8) is 0 Å². The number of rotatable bonds is 12. The van der Waals surface area contributed by atoms with Crippen LogP contribution < -0.4 is 20.5 Å². The molecule has 0 heterocycles. The Morgan fingerprint density at radius 1 is 1.30 bits per heavy atom. The van der Waals surface area contributed by atoms with E-state index in [1.807, 2.05) is 0 Å². The highest BCUT2D eigenvalue weighted by molar-refractivity contribution is 5.76. The monoisotopic (exact) mass is 383 g/mol. The number of carbonyl (C=O) groups is 2. The molecule has 0 aliphatic rings. The maximum atomic E-state index is 11.9. The Bertz CT molecular complexity index is 679. The molecule has 27 heavy (non-hydrogen) atoms. The number of nitrogens with zero attached hydrogens (tertiary/aromatic N) is 1. The van der Waals surface area contributed by atoms with E-state index in [2.05, 4.69) is 5.32 Å². The summed E-state index contributed by atoms with van der Waals surface area (Å²) in [5.74, 6) is -0.810. The molecule has 1 unspecified atom stereocenters. The number of hydrogen-bond donors (Lipinski definition) is 3. The Labute approximate surface area is 156 Å². The van der Waals surface area contributed by atoms with E-state index in [4.69, 9.17) is 20.3 Å². The first-order chi connectivity index (χ1) is 12.8. The third-order valence-electron chi connectivity index (χ3n) is 3.75. The first-order valence-corrected chi connectivity index (χ1v) is 8.50. The van der Waals surface area contributed by atoms with Crippen molar-refractivity contribution in [1.29, 1.82) is 0 Å². The smallest absolute Gasteiger partial charge is 0.303 e. The number of nitro benzene ring substituents is 1. The third kappa shape index (κ3) is 7.10. The van der Waals surface area contributed by atoms with E-state index < -0.39 is 16.9 Å². The van der Waals surface area contributed by atoms with Gasteiger partial charge in [0.1, 0.15) is 0 Å². The SMILES string of the molecule is COc1cc(C(C)NC(=O)CCCN)c([N+](=O)[O-])cc1OCCCC(=O)O. The number of carboxylic acids is 1.